The monoisotopic (exact) mass is 414 g/mol. The molecule has 3 unspecified atom stereocenters. The molecular weight excluding hydrogens is 388 g/mol. The molecule has 6 heteroatoms. The summed E-state index contributed by atoms with van der Waals surface area (Å²) in [6.07, 6.45) is 1.50. The van der Waals surface area contributed by atoms with Crippen molar-refractivity contribution in [3.8, 4) is 0 Å². The Kier molecular flexibility index (Phi) is 5.06. The third-order valence-electron chi connectivity index (χ3n) is 6.37. The largest absolute Gasteiger partial charge is 0.301 e. The quantitative estimate of drug-likeness (QED) is 0.701. The van der Waals surface area contributed by atoms with E-state index in [1.165, 1.54) is 11.3 Å². The Labute approximate surface area is 157 Å². The highest BCUT2D eigenvalue weighted by atomic mass is 79.9. The molecule has 2 fully saturated rings. The van der Waals surface area contributed by atoms with Crippen molar-refractivity contribution in [1.29, 1.82) is 0 Å². The highest BCUT2D eigenvalue weighted by Crippen LogP contribution is 2.72. The van der Waals surface area contributed by atoms with Crippen LogP contribution in [0.15, 0.2) is 0 Å². The maximum absolute atomic E-state index is 13.1. The van der Waals surface area contributed by atoms with Crippen LogP contribution in [0.5, 0.6) is 0 Å². The van der Waals surface area contributed by atoms with Gasteiger partial charge in [-0.1, -0.05) is 50.5 Å². The Balaban J connectivity index is 0.00000100. The lowest BCUT2D eigenvalue weighted by atomic mass is 9.64. The summed E-state index contributed by atoms with van der Waals surface area (Å²) in [4.78, 5) is 30.9. The van der Waals surface area contributed by atoms with E-state index in [9.17, 15) is 9.59 Å². The molecule has 2 saturated carbocycles. The minimum atomic E-state index is -0.702. The van der Waals surface area contributed by atoms with Crippen LogP contribution in [0.3, 0.4) is 0 Å². The molecule has 1 heterocycles. The number of hydrogen-bond donors (Lipinski definition) is 1. The van der Waals surface area contributed by atoms with Gasteiger partial charge in [-0.3, -0.25) is 9.59 Å². The lowest BCUT2D eigenvalue weighted by Crippen LogP contribution is -2.47. The third-order valence-corrected chi connectivity index (χ3v) is 8.56. The van der Waals surface area contributed by atoms with Crippen molar-refractivity contribution in [2.24, 2.45) is 16.2 Å². The molecule has 2 aliphatic rings. The molecule has 2 aliphatic carbocycles. The van der Waals surface area contributed by atoms with Gasteiger partial charge >= 0.3 is 0 Å². The summed E-state index contributed by atoms with van der Waals surface area (Å²) in [6, 6.07) is 0. The second-order valence-corrected chi connectivity index (χ2v) is 9.39. The molecule has 1 aromatic heterocycles. The van der Waals surface area contributed by atoms with E-state index in [-0.39, 0.29) is 17.1 Å². The zero-order valence-electron chi connectivity index (χ0n) is 15.5. The predicted octanol–water partition coefficient (Wildman–Crippen LogP) is 4.88. The van der Waals surface area contributed by atoms with Crippen molar-refractivity contribution < 1.29 is 9.59 Å². The number of Topliss-reactive ketones (excluding diaryl/α,β-unsaturated/α-hetero) is 1. The molecule has 1 amide bonds. The maximum Gasteiger partial charge on any atom is 0.234 e. The Morgan fingerprint density at radius 1 is 1.25 bits per heavy atom. The van der Waals surface area contributed by atoms with Gasteiger partial charge in [0.15, 0.2) is 10.9 Å². The van der Waals surface area contributed by atoms with Crippen LogP contribution in [0.25, 0.3) is 0 Å². The van der Waals surface area contributed by atoms with Gasteiger partial charge in [-0.2, -0.15) is 0 Å². The first-order chi connectivity index (χ1) is 11.1. The number of anilines is 1. The first-order valence-corrected chi connectivity index (χ1v) is 10.2. The molecule has 0 radical (unpaired) electrons. The number of aryl methyl sites for hydroxylation is 2. The fourth-order valence-electron chi connectivity index (χ4n) is 4.19. The van der Waals surface area contributed by atoms with Gasteiger partial charge in [0.2, 0.25) is 5.91 Å². The number of rotatable bonds is 2. The van der Waals surface area contributed by atoms with Crippen LogP contribution in [0.2, 0.25) is 0 Å². The molecule has 2 bridgehead atoms. The Morgan fingerprint density at radius 2 is 1.83 bits per heavy atom. The van der Waals surface area contributed by atoms with Gasteiger partial charge in [-0.15, -0.1) is 11.3 Å². The van der Waals surface area contributed by atoms with Crippen LogP contribution in [0.1, 0.15) is 58.0 Å². The molecular formula is C18H27BrN2O2S. The van der Waals surface area contributed by atoms with E-state index >= 15 is 0 Å². The third kappa shape index (κ3) is 2.25. The van der Waals surface area contributed by atoms with E-state index in [4.69, 9.17) is 0 Å². The Bertz CT molecular complexity index is 665. The summed E-state index contributed by atoms with van der Waals surface area (Å²) in [5, 5.41) is 3.60. The second kappa shape index (κ2) is 6.20. The van der Waals surface area contributed by atoms with E-state index in [2.05, 4.69) is 40.1 Å². The molecule has 3 atom stereocenters. The number of ketones is 1. The summed E-state index contributed by atoms with van der Waals surface area (Å²) in [5.41, 5.74) is -0.581. The standard InChI is InChI=1S/C16H21BrN2O2S.C2H6/c1-8-9(2)22-13(18-8)19-12(21)16-7-6-15(5,14(16,3)4)11(20)10(16)17;1-2/h10H,6-7H2,1-5H3,(H,18,19,21);1-2H3. The van der Waals surface area contributed by atoms with Gasteiger partial charge in [0.1, 0.15) is 0 Å². The van der Waals surface area contributed by atoms with Crippen molar-refractivity contribution >= 4 is 44.1 Å². The predicted molar refractivity (Wildman–Crippen MR) is 103 cm³/mol. The number of halogens is 1. The number of hydrogen-bond acceptors (Lipinski definition) is 4. The number of nitrogens with one attached hydrogen (secondary N) is 1. The average molecular weight is 415 g/mol. The molecule has 1 aromatic rings. The fourth-order valence-corrected chi connectivity index (χ4v) is 6.51. The van der Waals surface area contributed by atoms with Crippen molar-refractivity contribution in [3.63, 3.8) is 0 Å². The van der Waals surface area contributed by atoms with Gasteiger partial charge < -0.3 is 5.32 Å². The van der Waals surface area contributed by atoms with Crippen LogP contribution in [0, 0.1) is 30.1 Å². The minimum absolute atomic E-state index is 0.0808. The van der Waals surface area contributed by atoms with Crippen molar-refractivity contribution in [3.05, 3.63) is 10.6 Å². The molecule has 24 heavy (non-hydrogen) atoms. The molecule has 0 aromatic carbocycles. The number of carbonyl (C=O) groups is 2. The zero-order chi connectivity index (χ0) is 18.5. The second-order valence-electron chi connectivity index (χ2n) is 7.27. The van der Waals surface area contributed by atoms with E-state index < -0.39 is 15.7 Å². The summed E-state index contributed by atoms with van der Waals surface area (Å²) >= 11 is 5.02. The smallest absolute Gasteiger partial charge is 0.234 e. The molecule has 4 nitrogen and oxygen atoms in total. The van der Waals surface area contributed by atoms with Crippen molar-refractivity contribution in [2.45, 2.75) is 66.1 Å². The molecule has 134 valence electrons. The lowest BCUT2D eigenvalue weighted by Gasteiger charge is -2.39. The summed E-state index contributed by atoms with van der Waals surface area (Å²) in [6.45, 7) is 14.0. The van der Waals surface area contributed by atoms with E-state index in [1.54, 1.807) is 0 Å². The van der Waals surface area contributed by atoms with Crippen LogP contribution in [-0.4, -0.2) is 21.5 Å². The van der Waals surface area contributed by atoms with Gasteiger partial charge in [-0.25, -0.2) is 4.98 Å². The van der Waals surface area contributed by atoms with Gasteiger partial charge in [0, 0.05) is 10.3 Å². The molecule has 1 N–H and O–H groups in total. The average Bonchev–Trinajstić information content (AvgIpc) is 2.98. The van der Waals surface area contributed by atoms with Crippen LogP contribution >= 0.6 is 27.3 Å². The first-order valence-electron chi connectivity index (χ1n) is 8.52. The van der Waals surface area contributed by atoms with Crippen LogP contribution in [-0.2, 0) is 9.59 Å². The number of fused-ring (bicyclic) bond motifs is 2. The first kappa shape index (κ1) is 19.6. The van der Waals surface area contributed by atoms with E-state index in [0.29, 0.717) is 5.13 Å². The molecule has 3 rings (SSSR count). The van der Waals surface area contributed by atoms with Gasteiger partial charge in [0.05, 0.1) is 15.9 Å². The van der Waals surface area contributed by atoms with Gasteiger partial charge in [-0.05, 0) is 32.1 Å². The summed E-state index contributed by atoms with van der Waals surface area (Å²) < 4.78 is 0. The van der Waals surface area contributed by atoms with Crippen molar-refractivity contribution in [2.75, 3.05) is 5.32 Å². The molecule has 0 spiro atoms. The number of aromatic nitrogens is 1. The van der Waals surface area contributed by atoms with E-state index in [0.717, 1.165) is 23.4 Å². The lowest BCUT2D eigenvalue weighted by molar-refractivity contribution is -0.130. The molecule has 0 aliphatic heterocycles. The summed E-state index contributed by atoms with van der Waals surface area (Å²) in [5.74, 6) is 0.0769. The highest BCUT2D eigenvalue weighted by Gasteiger charge is 2.76. The number of alkyl halides is 1. The highest BCUT2D eigenvalue weighted by molar-refractivity contribution is 9.10. The molecule has 0 saturated heterocycles. The summed E-state index contributed by atoms with van der Waals surface area (Å²) in [7, 11) is 0. The zero-order valence-corrected chi connectivity index (χ0v) is 17.9. The van der Waals surface area contributed by atoms with Gasteiger partial charge in [0.25, 0.3) is 0 Å². The normalized spacial score (nSPS) is 33.2. The minimum Gasteiger partial charge on any atom is -0.301 e. The van der Waals surface area contributed by atoms with Crippen LogP contribution < -0.4 is 5.32 Å². The Hall–Kier alpha value is -0.750. The number of carbonyl (C=O) groups excluding carboxylic acids is 2. The number of nitrogens with zero attached hydrogens (tertiary/aromatic N) is 1. The number of amides is 1. The Morgan fingerprint density at radius 3 is 2.25 bits per heavy atom. The van der Waals surface area contributed by atoms with E-state index in [1.807, 2.05) is 34.6 Å². The fraction of sp³-hybridized carbons (Fsp3) is 0.722. The van der Waals surface area contributed by atoms with Crippen LogP contribution in [0.4, 0.5) is 5.13 Å². The number of thiazole rings is 1. The topological polar surface area (TPSA) is 59.1 Å². The SMILES string of the molecule is CC.Cc1nc(NC(=O)C23CCC(C)(C(=O)C2Br)C3(C)C)sc1C. The maximum atomic E-state index is 13.1. The van der Waals surface area contributed by atoms with Crippen molar-refractivity contribution in [1.82, 2.24) is 4.98 Å².